The Morgan fingerprint density at radius 2 is 1.95 bits per heavy atom. The number of benzene rings is 1. The van der Waals surface area contributed by atoms with E-state index in [0.29, 0.717) is 6.54 Å². The van der Waals surface area contributed by atoms with Crippen molar-refractivity contribution < 1.29 is 4.79 Å². The smallest absolute Gasteiger partial charge is 0.263 e. The summed E-state index contributed by atoms with van der Waals surface area (Å²) in [4.78, 5) is 16.3. The molecule has 1 aromatic rings. The van der Waals surface area contributed by atoms with Gasteiger partial charge in [0.15, 0.2) is 0 Å². The third-order valence-corrected chi connectivity index (χ3v) is 3.76. The third-order valence-electron chi connectivity index (χ3n) is 3.76. The van der Waals surface area contributed by atoms with Gasteiger partial charge in [-0.1, -0.05) is 30.3 Å². The number of amides is 1. The fourth-order valence-electron chi connectivity index (χ4n) is 2.33. The molecule has 1 aliphatic heterocycles. The number of rotatable bonds is 5. The van der Waals surface area contributed by atoms with E-state index in [4.69, 9.17) is 0 Å². The Bertz CT molecular complexity index is 554. The van der Waals surface area contributed by atoms with E-state index in [1.165, 1.54) is 5.56 Å². The number of nitriles is 1. The molecule has 22 heavy (non-hydrogen) atoms. The largest absolute Gasteiger partial charge is 0.374 e. The van der Waals surface area contributed by atoms with Gasteiger partial charge in [-0.05, 0) is 19.0 Å². The number of nitrogens with one attached hydrogen (secondary N) is 1. The molecular formula is C17H22N4O. The summed E-state index contributed by atoms with van der Waals surface area (Å²) in [6.07, 6.45) is 2.45. The Kier molecular flexibility index (Phi) is 5.99. The second-order valence-electron chi connectivity index (χ2n) is 5.49. The molecule has 1 saturated heterocycles. The second-order valence-corrected chi connectivity index (χ2v) is 5.49. The highest BCUT2D eigenvalue weighted by molar-refractivity contribution is 5.97. The highest BCUT2D eigenvalue weighted by Gasteiger charge is 2.14. The van der Waals surface area contributed by atoms with Crippen LogP contribution in [-0.4, -0.2) is 55.5 Å². The lowest BCUT2D eigenvalue weighted by atomic mass is 10.1. The van der Waals surface area contributed by atoms with E-state index in [1.54, 1.807) is 6.20 Å². The summed E-state index contributed by atoms with van der Waals surface area (Å²) < 4.78 is 0. The van der Waals surface area contributed by atoms with E-state index < -0.39 is 0 Å². The van der Waals surface area contributed by atoms with Crippen LogP contribution in [0.1, 0.15) is 5.56 Å². The summed E-state index contributed by atoms with van der Waals surface area (Å²) in [6.45, 7) is 4.12. The molecule has 1 fully saturated rings. The molecule has 0 aliphatic carbocycles. The lowest BCUT2D eigenvalue weighted by Gasteiger charge is -2.31. The Morgan fingerprint density at radius 3 is 2.59 bits per heavy atom. The molecule has 1 N–H and O–H groups in total. The van der Waals surface area contributed by atoms with Crippen molar-refractivity contribution in [2.75, 3.05) is 39.8 Å². The first-order valence-corrected chi connectivity index (χ1v) is 7.55. The maximum atomic E-state index is 12.1. The summed E-state index contributed by atoms with van der Waals surface area (Å²) in [5.74, 6) is -0.294. The number of likely N-dealkylation sites (N-methyl/N-ethyl adjacent to an activating group) is 1. The van der Waals surface area contributed by atoms with Crippen LogP contribution >= 0.6 is 0 Å². The molecule has 0 radical (unpaired) electrons. The molecule has 116 valence electrons. The maximum absolute atomic E-state index is 12.1. The van der Waals surface area contributed by atoms with Gasteiger partial charge < -0.3 is 15.1 Å². The van der Waals surface area contributed by atoms with E-state index in [1.807, 2.05) is 41.3 Å². The van der Waals surface area contributed by atoms with Crippen molar-refractivity contribution in [3.05, 3.63) is 47.7 Å². The number of piperazine rings is 1. The van der Waals surface area contributed by atoms with E-state index in [-0.39, 0.29) is 11.5 Å². The fourth-order valence-corrected chi connectivity index (χ4v) is 2.33. The number of nitrogens with zero attached hydrogens (tertiary/aromatic N) is 3. The summed E-state index contributed by atoms with van der Waals surface area (Å²) in [6, 6.07) is 12.0. The standard InChI is InChI=1S/C17H22N4O/c1-20-9-11-21(12-10-20)14-16(13-18)17(22)19-8-7-15-5-3-2-4-6-15/h2-6,14H,7-12H2,1H3,(H,19,22). The lowest BCUT2D eigenvalue weighted by Crippen LogP contribution is -2.42. The van der Waals surface area contributed by atoms with Crippen LogP contribution in [0, 0.1) is 11.3 Å². The summed E-state index contributed by atoms with van der Waals surface area (Å²) in [5.41, 5.74) is 1.35. The molecule has 0 atom stereocenters. The fraction of sp³-hybridized carbons (Fsp3) is 0.412. The first-order valence-electron chi connectivity index (χ1n) is 7.55. The van der Waals surface area contributed by atoms with Crippen LogP contribution in [0.4, 0.5) is 0 Å². The van der Waals surface area contributed by atoms with Crippen LogP contribution in [-0.2, 0) is 11.2 Å². The monoisotopic (exact) mass is 298 g/mol. The van der Waals surface area contributed by atoms with Crippen molar-refractivity contribution in [1.82, 2.24) is 15.1 Å². The van der Waals surface area contributed by atoms with Crippen LogP contribution in [0.15, 0.2) is 42.1 Å². The van der Waals surface area contributed by atoms with Gasteiger partial charge >= 0.3 is 0 Å². The van der Waals surface area contributed by atoms with Gasteiger partial charge in [-0.3, -0.25) is 4.79 Å². The second kappa shape index (κ2) is 8.20. The molecule has 5 heteroatoms. The molecule has 0 bridgehead atoms. The first kappa shape index (κ1) is 16.1. The number of carbonyl (C=O) groups excluding carboxylic acids is 1. The van der Waals surface area contributed by atoms with E-state index in [0.717, 1.165) is 32.6 Å². The Morgan fingerprint density at radius 1 is 1.27 bits per heavy atom. The Hall–Kier alpha value is -2.32. The quantitative estimate of drug-likeness (QED) is 0.651. The molecule has 2 rings (SSSR count). The highest BCUT2D eigenvalue weighted by atomic mass is 16.1. The molecule has 1 heterocycles. The van der Waals surface area contributed by atoms with Gasteiger partial charge in [0.25, 0.3) is 5.91 Å². The van der Waals surface area contributed by atoms with Crippen molar-refractivity contribution in [2.45, 2.75) is 6.42 Å². The van der Waals surface area contributed by atoms with Crippen molar-refractivity contribution in [2.24, 2.45) is 0 Å². The summed E-state index contributed by atoms with van der Waals surface area (Å²) >= 11 is 0. The predicted octanol–water partition coefficient (Wildman–Crippen LogP) is 1.00. The molecule has 5 nitrogen and oxygen atoms in total. The Labute approximate surface area is 131 Å². The molecule has 0 saturated carbocycles. The van der Waals surface area contributed by atoms with Crippen molar-refractivity contribution in [1.29, 1.82) is 5.26 Å². The molecule has 0 aromatic heterocycles. The van der Waals surface area contributed by atoms with Crippen LogP contribution in [0.2, 0.25) is 0 Å². The zero-order valence-corrected chi connectivity index (χ0v) is 13.0. The molecular weight excluding hydrogens is 276 g/mol. The van der Waals surface area contributed by atoms with Gasteiger partial charge in [0.2, 0.25) is 0 Å². The van der Waals surface area contributed by atoms with Crippen LogP contribution < -0.4 is 5.32 Å². The van der Waals surface area contributed by atoms with Gasteiger partial charge in [0.1, 0.15) is 11.6 Å². The van der Waals surface area contributed by atoms with E-state index >= 15 is 0 Å². The zero-order valence-electron chi connectivity index (χ0n) is 13.0. The predicted molar refractivity (Wildman–Crippen MR) is 85.9 cm³/mol. The minimum Gasteiger partial charge on any atom is -0.374 e. The minimum atomic E-state index is -0.294. The lowest BCUT2D eigenvalue weighted by molar-refractivity contribution is -0.117. The average Bonchev–Trinajstić information content (AvgIpc) is 2.55. The third kappa shape index (κ3) is 4.90. The highest BCUT2D eigenvalue weighted by Crippen LogP contribution is 2.04. The van der Waals surface area contributed by atoms with Crippen molar-refractivity contribution >= 4 is 5.91 Å². The van der Waals surface area contributed by atoms with Gasteiger partial charge in [0.05, 0.1) is 0 Å². The average molecular weight is 298 g/mol. The van der Waals surface area contributed by atoms with Crippen LogP contribution in [0.5, 0.6) is 0 Å². The Balaban J connectivity index is 1.82. The zero-order chi connectivity index (χ0) is 15.8. The molecule has 0 unspecified atom stereocenters. The van der Waals surface area contributed by atoms with Gasteiger partial charge in [-0.25, -0.2) is 0 Å². The van der Waals surface area contributed by atoms with Gasteiger partial charge in [0, 0.05) is 38.9 Å². The number of carbonyl (C=O) groups is 1. The number of hydrogen-bond acceptors (Lipinski definition) is 4. The van der Waals surface area contributed by atoms with Crippen molar-refractivity contribution in [3.63, 3.8) is 0 Å². The normalized spacial score (nSPS) is 16.2. The summed E-state index contributed by atoms with van der Waals surface area (Å²) in [5, 5.41) is 12.0. The van der Waals surface area contributed by atoms with Crippen LogP contribution in [0.25, 0.3) is 0 Å². The van der Waals surface area contributed by atoms with Crippen LogP contribution in [0.3, 0.4) is 0 Å². The van der Waals surface area contributed by atoms with Crippen molar-refractivity contribution in [3.8, 4) is 6.07 Å². The van der Waals surface area contributed by atoms with Gasteiger partial charge in [-0.2, -0.15) is 5.26 Å². The number of hydrogen-bond donors (Lipinski definition) is 1. The molecule has 1 aliphatic rings. The molecule has 1 aromatic carbocycles. The van der Waals surface area contributed by atoms with Gasteiger partial charge in [-0.15, -0.1) is 0 Å². The minimum absolute atomic E-state index is 0.178. The SMILES string of the molecule is CN1CCN(C=C(C#N)C(=O)NCCc2ccccc2)CC1. The summed E-state index contributed by atoms with van der Waals surface area (Å²) in [7, 11) is 2.07. The molecule has 0 spiro atoms. The molecule has 1 amide bonds. The van der Waals surface area contributed by atoms with E-state index in [9.17, 15) is 10.1 Å². The first-order chi connectivity index (χ1) is 10.7. The topological polar surface area (TPSA) is 59.4 Å². The van der Waals surface area contributed by atoms with E-state index in [2.05, 4.69) is 17.3 Å². The maximum Gasteiger partial charge on any atom is 0.263 e.